The lowest BCUT2D eigenvalue weighted by Gasteiger charge is -2.29. The van der Waals surface area contributed by atoms with Crippen molar-refractivity contribution in [1.29, 1.82) is 0 Å². The molecule has 2 heterocycles. The van der Waals surface area contributed by atoms with Crippen LogP contribution in [0.4, 0.5) is 11.6 Å². The van der Waals surface area contributed by atoms with Crippen molar-refractivity contribution in [3.8, 4) is 5.75 Å². The molecule has 0 saturated heterocycles. The first-order chi connectivity index (χ1) is 14.4. The number of aromatic nitrogens is 3. The maximum Gasteiger partial charge on any atom is 0.255 e. The summed E-state index contributed by atoms with van der Waals surface area (Å²) in [5.41, 5.74) is 4.05. The zero-order chi connectivity index (χ0) is 21.3. The van der Waals surface area contributed by atoms with E-state index in [9.17, 15) is 4.79 Å². The van der Waals surface area contributed by atoms with Crippen molar-refractivity contribution in [2.24, 2.45) is 0 Å². The number of ether oxygens (including phenoxy) is 1. The summed E-state index contributed by atoms with van der Waals surface area (Å²) in [6.45, 7) is 7.83. The minimum Gasteiger partial charge on any atom is -0.491 e. The van der Waals surface area contributed by atoms with Crippen LogP contribution in [0.3, 0.4) is 0 Å². The Labute approximate surface area is 175 Å². The zero-order valence-electron chi connectivity index (χ0n) is 17.5. The van der Waals surface area contributed by atoms with Crippen molar-refractivity contribution in [3.63, 3.8) is 0 Å². The Hall–Kier alpha value is -3.61. The summed E-state index contributed by atoms with van der Waals surface area (Å²) in [5.74, 6) is 1.21. The van der Waals surface area contributed by atoms with Gasteiger partial charge in [0.25, 0.3) is 5.91 Å². The van der Waals surface area contributed by atoms with E-state index < -0.39 is 6.04 Å². The van der Waals surface area contributed by atoms with Crippen molar-refractivity contribution in [1.82, 2.24) is 14.8 Å². The molecule has 0 saturated carbocycles. The predicted octanol–water partition coefficient (Wildman–Crippen LogP) is 4.30. The summed E-state index contributed by atoms with van der Waals surface area (Å²) in [7, 11) is 0. The van der Waals surface area contributed by atoms with Gasteiger partial charge in [0.2, 0.25) is 5.95 Å². The number of benzene rings is 2. The highest BCUT2D eigenvalue weighted by Gasteiger charge is 2.33. The highest BCUT2D eigenvalue weighted by atomic mass is 16.5. The number of para-hydroxylation sites is 1. The van der Waals surface area contributed by atoms with E-state index in [1.807, 2.05) is 76.2 Å². The number of hydrogen-bond donors (Lipinski definition) is 2. The number of hydrogen-bond acceptors (Lipinski definition) is 5. The lowest BCUT2D eigenvalue weighted by molar-refractivity contribution is -0.113. The number of aryl methyl sites for hydroxylation is 1. The fourth-order valence-electron chi connectivity index (χ4n) is 3.60. The molecule has 0 aliphatic carbocycles. The molecule has 1 aliphatic rings. The highest BCUT2D eigenvalue weighted by molar-refractivity contribution is 6.06. The maximum absolute atomic E-state index is 13.4. The van der Waals surface area contributed by atoms with Crippen LogP contribution in [-0.2, 0) is 4.79 Å². The number of allylic oxidation sites excluding steroid dienone is 1. The minimum absolute atomic E-state index is 0.0919. The van der Waals surface area contributed by atoms with Crippen molar-refractivity contribution in [3.05, 3.63) is 77.3 Å². The first-order valence-electron chi connectivity index (χ1n) is 9.95. The van der Waals surface area contributed by atoms with Gasteiger partial charge >= 0.3 is 0 Å². The van der Waals surface area contributed by atoms with Gasteiger partial charge < -0.3 is 15.4 Å². The van der Waals surface area contributed by atoms with Gasteiger partial charge in [0, 0.05) is 11.4 Å². The monoisotopic (exact) mass is 403 g/mol. The van der Waals surface area contributed by atoms with Crippen LogP contribution in [0.25, 0.3) is 0 Å². The molecule has 0 bridgehead atoms. The molecule has 0 fully saturated rings. The number of nitrogens with one attached hydrogen (secondary N) is 2. The van der Waals surface area contributed by atoms with E-state index in [0.29, 0.717) is 11.5 Å². The molecule has 7 heteroatoms. The fraction of sp³-hybridized carbons (Fsp3) is 0.261. The van der Waals surface area contributed by atoms with E-state index in [1.54, 1.807) is 4.68 Å². The molecular weight excluding hydrogens is 378 g/mol. The van der Waals surface area contributed by atoms with Gasteiger partial charge in [0.05, 0.1) is 11.7 Å². The molecule has 1 atom stereocenters. The first kappa shape index (κ1) is 19.7. The van der Waals surface area contributed by atoms with Gasteiger partial charge in [-0.05, 0) is 57.0 Å². The van der Waals surface area contributed by atoms with Gasteiger partial charge in [-0.2, -0.15) is 10.1 Å². The molecule has 2 N–H and O–H groups in total. The lowest BCUT2D eigenvalue weighted by atomic mass is 9.95. The second-order valence-corrected chi connectivity index (χ2v) is 7.60. The van der Waals surface area contributed by atoms with Crippen molar-refractivity contribution >= 4 is 17.5 Å². The van der Waals surface area contributed by atoms with Gasteiger partial charge in [-0.1, -0.05) is 30.3 Å². The molecule has 1 unspecified atom stereocenters. The Bertz CT molecular complexity index is 1100. The molecule has 0 spiro atoms. The molecule has 1 aliphatic heterocycles. The normalized spacial score (nSPS) is 15.6. The third-order valence-corrected chi connectivity index (χ3v) is 5.00. The molecule has 2 aromatic carbocycles. The first-order valence-corrected chi connectivity index (χ1v) is 9.95. The molecule has 4 rings (SSSR count). The molecule has 7 nitrogen and oxygen atoms in total. The summed E-state index contributed by atoms with van der Waals surface area (Å²) in [6, 6.07) is 15.1. The Morgan fingerprint density at radius 1 is 1.13 bits per heavy atom. The van der Waals surface area contributed by atoms with Gasteiger partial charge in [0.15, 0.2) is 0 Å². The highest BCUT2D eigenvalue weighted by Crippen LogP contribution is 2.36. The molecule has 1 amide bonds. The summed E-state index contributed by atoms with van der Waals surface area (Å²) >= 11 is 0. The van der Waals surface area contributed by atoms with Gasteiger partial charge in [-0.25, -0.2) is 4.68 Å². The fourth-order valence-corrected chi connectivity index (χ4v) is 3.60. The van der Waals surface area contributed by atoms with Crippen LogP contribution in [-0.4, -0.2) is 26.8 Å². The molecule has 1 aromatic heterocycles. The third kappa shape index (κ3) is 3.78. The van der Waals surface area contributed by atoms with E-state index >= 15 is 0 Å². The molecule has 30 heavy (non-hydrogen) atoms. The van der Waals surface area contributed by atoms with Crippen molar-refractivity contribution in [2.45, 2.75) is 39.8 Å². The Balaban J connectivity index is 1.72. The van der Waals surface area contributed by atoms with Crippen LogP contribution in [0.5, 0.6) is 5.75 Å². The van der Waals surface area contributed by atoms with Gasteiger partial charge in [-0.15, -0.1) is 0 Å². The summed E-state index contributed by atoms with van der Waals surface area (Å²) in [6.07, 6.45) is 1.58. The van der Waals surface area contributed by atoms with Crippen LogP contribution in [0, 0.1) is 6.92 Å². The van der Waals surface area contributed by atoms with Crippen LogP contribution >= 0.6 is 0 Å². The number of nitrogens with zero attached hydrogens (tertiary/aromatic N) is 3. The van der Waals surface area contributed by atoms with Crippen LogP contribution in [0.1, 0.15) is 37.9 Å². The molecule has 154 valence electrons. The predicted molar refractivity (Wildman–Crippen MR) is 116 cm³/mol. The number of fused-ring (bicyclic) bond motifs is 1. The average Bonchev–Trinajstić information content (AvgIpc) is 3.17. The smallest absolute Gasteiger partial charge is 0.255 e. The summed E-state index contributed by atoms with van der Waals surface area (Å²) in [5, 5.41) is 10.6. The number of anilines is 2. The van der Waals surface area contributed by atoms with E-state index in [1.165, 1.54) is 6.33 Å². The lowest BCUT2D eigenvalue weighted by Crippen LogP contribution is -2.31. The Morgan fingerprint density at radius 3 is 2.57 bits per heavy atom. The second kappa shape index (κ2) is 8.02. The molecular formula is C23H25N5O2. The second-order valence-electron chi connectivity index (χ2n) is 7.60. The van der Waals surface area contributed by atoms with E-state index in [-0.39, 0.29) is 12.0 Å². The summed E-state index contributed by atoms with van der Waals surface area (Å²) in [4.78, 5) is 17.6. The SMILES string of the molecule is CC1=C(C(=O)Nc2ccccc2C)C(c2ccc(OC(C)C)cc2)n2ncnc2N1. The maximum atomic E-state index is 13.4. The number of carbonyl (C=O) groups excluding carboxylic acids is 1. The van der Waals surface area contributed by atoms with E-state index in [4.69, 9.17) is 4.74 Å². The summed E-state index contributed by atoms with van der Waals surface area (Å²) < 4.78 is 7.49. The van der Waals surface area contributed by atoms with Crippen LogP contribution < -0.4 is 15.4 Å². The minimum atomic E-state index is -0.402. The number of rotatable bonds is 5. The Kier molecular flexibility index (Phi) is 5.27. The van der Waals surface area contributed by atoms with Gasteiger partial charge in [0.1, 0.15) is 18.1 Å². The van der Waals surface area contributed by atoms with E-state index in [2.05, 4.69) is 20.7 Å². The topological polar surface area (TPSA) is 81.1 Å². The van der Waals surface area contributed by atoms with E-state index in [0.717, 1.165) is 28.3 Å². The standard InChI is InChI=1S/C23H25N5O2/c1-14(2)30-18-11-9-17(10-12-18)21-20(16(4)26-23-24-13-25-28(21)23)22(29)27-19-8-6-5-7-15(19)3/h5-14,21H,1-4H3,(H,27,29)(H,24,25,26). The van der Waals surface area contributed by atoms with Crippen LogP contribution in [0.2, 0.25) is 0 Å². The average molecular weight is 403 g/mol. The number of amides is 1. The molecule has 3 aromatic rings. The van der Waals surface area contributed by atoms with Crippen molar-refractivity contribution in [2.75, 3.05) is 10.6 Å². The largest absolute Gasteiger partial charge is 0.491 e. The Morgan fingerprint density at radius 2 is 1.87 bits per heavy atom. The zero-order valence-corrected chi connectivity index (χ0v) is 17.5. The molecule has 0 radical (unpaired) electrons. The third-order valence-electron chi connectivity index (χ3n) is 5.00. The van der Waals surface area contributed by atoms with Gasteiger partial charge in [-0.3, -0.25) is 4.79 Å². The van der Waals surface area contributed by atoms with Crippen molar-refractivity contribution < 1.29 is 9.53 Å². The number of carbonyl (C=O) groups is 1. The quantitative estimate of drug-likeness (QED) is 0.664. The van der Waals surface area contributed by atoms with Crippen LogP contribution in [0.15, 0.2) is 66.1 Å².